The normalized spacial score (nSPS) is 14.5. The van der Waals surface area contributed by atoms with E-state index in [0.29, 0.717) is 6.54 Å². The Morgan fingerprint density at radius 3 is 2.37 bits per heavy atom. The molecule has 0 saturated carbocycles. The highest BCUT2D eigenvalue weighted by atomic mass is 16.4. The number of benzene rings is 2. The molecule has 2 N–H and O–H groups in total. The zero-order chi connectivity index (χ0) is 21.1. The molecule has 1 heterocycles. The third-order valence-electron chi connectivity index (χ3n) is 5.84. The van der Waals surface area contributed by atoms with Crippen LogP contribution in [0, 0.1) is 0 Å². The number of hydrogen-bond acceptors (Lipinski definition) is 5. The summed E-state index contributed by atoms with van der Waals surface area (Å²) in [7, 11) is 2.08. The van der Waals surface area contributed by atoms with E-state index in [0.717, 1.165) is 31.7 Å². The molecule has 0 atom stereocenters. The molecule has 4 rings (SSSR count). The molecular weight excluding hydrogens is 380 g/mol. The number of likely N-dealkylation sites (N-methyl/N-ethyl adjacent to an activating group) is 1. The molecule has 1 aliphatic carbocycles. The molecule has 30 heavy (non-hydrogen) atoms. The number of rotatable bonds is 6. The second kappa shape index (κ2) is 8.16. The van der Waals surface area contributed by atoms with Crippen LogP contribution in [-0.2, 0) is 19.4 Å². The highest BCUT2D eigenvalue weighted by Gasteiger charge is 2.41. The smallest absolute Gasteiger partial charge is 0.287 e. The maximum Gasteiger partial charge on any atom is 0.287 e. The lowest BCUT2D eigenvalue weighted by Gasteiger charge is -2.39. The predicted octanol–water partition coefficient (Wildman–Crippen LogP) is 2.74. The monoisotopic (exact) mass is 404 g/mol. The largest absolute Gasteiger partial charge is 0.502 e. The Bertz CT molecular complexity index is 1080. The molecule has 2 aromatic carbocycles. The standard InChI is InChI=1S/C24H24N2O4/c1-26(14-17-7-3-2-4-8-17)24(12-18-9-5-6-10-19(18)13-24)16-25-23(29)22-11-20(27)21(28)15-30-22/h2-11,15,28H,12-14,16H2,1H3,(H,25,29). The third-order valence-corrected chi connectivity index (χ3v) is 5.84. The Kier molecular flexibility index (Phi) is 5.42. The van der Waals surface area contributed by atoms with Gasteiger partial charge in [0.1, 0.15) is 6.26 Å². The van der Waals surface area contributed by atoms with Crippen LogP contribution in [0.3, 0.4) is 0 Å². The number of hydrogen-bond donors (Lipinski definition) is 2. The number of aromatic hydroxyl groups is 1. The van der Waals surface area contributed by atoms with Crippen LogP contribution in [0.15, 0.2) is 76.1 Å². The van der Waals surface area contributed by atoms with Crippen LogP contribution in [0.5, 0.6) is 5.75 Å². The van der Waals surface area contributed by atoms with E-state index in [1.54, 1.807) is 0 Å². The quantitative estimate of drug-likeness (QED) is 0.660. The van der Waals surface area contributed by atoms with E-state index in [9.17, 15) is 14.7 Å². The van der Waals surface area contributed by atoms with Gasteiger partial charge in [0.2, 0.25) is 5.43 Å². The van der Waals surface area contributed by atoms with Crippen LogP contribution >= 0.6 is 0 Å². The van der Waals surface area contributed by atoms with Gasteiger partial charge >= 0.3 is 0 Å². The highest BCUT2D eigenvalue weighted by molar-refractivity contribution is 5.91. The van der Waals surface area contributed by atoms with E-state index in [4.69, 9.17) is 4.42 Å². The molecule has 0 bridgehead atoms. The Morgan fingerprint density at radius 1 is 1.10 bits per heavy atom. The lowest BCUT2D eigenvalue weighted by Crippen LogP contribution is -2.54. The van der Waals surface area contributed by atoms with Crippen molar-refractivity contribution >= 4 is 5.91 Å². The number of carbonyl (C=O) groups excluding carboxylic acids is 1. The van der Waals surface area contributed by atoms with Gasteiger partial charge in [-0.25, -0.2) is 0 Å². The van der Waals surface area contributed by atoms with Gasteiger partial charge < -0.3 is 14.8 Å². The third kappa shape index (κ3) is 4.00. The molecule has 154 valence electrons. The van der Waals surface area contributed by atoms with Crippen molar-refractivity contribution in [2.75, 3.05) is 13.6 Å². The fraction of sp³-hybridized carbons (Fsp3) is 0.250. The van der Waals surface area contributed by atoms with Crippen LogP contribution in [0.2, 0.25) is 0 Å². The molecule has 0 spiro atoms. The second-order valence-corrected chi connectivity index (χ2v) is 7.86. The van der Waals surface area contributed by atoms with E-state index in [1.807, 2.05) is 30.3 Å². The number of nitrogens with one attached hydrogen (secondary N) is 1. The molecule has 0 aliphatic heterocycles. The molecule has 0 saturated heterocycles. The zero-order valence-electron chi connectivity index (χ0n) is 16.8. The molecule has 3 aromatic rings. The number of carbonyl (C=O) groups is 1. The van der Waals surface area contributed by atoms with Crippen LogP contribution in [0.4, 0.5) is 0 Å². The van der Waals surface area contributed by atoms with Crippen LogP contribution in [-0.4, -0.2) is 35.0 Å². The number of amides is 1. The average molecular weight is 404 g/mol. The van der Waals surface area contributed by atoms with Gasteiger partial charge in [-0.15, -0.1) is 0 Å². The Balaban J connectivity index is 1.56. The van der Waals surface area contributed by atoms with Gasteiger partial charge in [-0.2, -0.15) is 0 Å². The first-order chi connectivity index (χ1) is 14.5. The second-order valence-electron chi connectivity index (χ2n) is 7.86. The van der Waals surface area contributed by atoms with E-state index in [2.05, 4.69) is 41.5 Å². The molecule has 6 heteroatoms. The first kappa shape index (κ1) is 19.9. The van der Waals surface area contributed by atoms with Gasteiger partial charge in [0.25, 0.3) is 5.91 Å². The van der Waals surface area contributed by atoms with Crippen molar-refractivity contribution in [1.82, 2.24) is 10.2 Å². The molecule has 0 unspecified atom stereocenters. The van der Waals surface area contributed by atoms with Gasteiger partial charge in [0, 0.05) is 24.7 Å². The molecule has 1 amide bonds. The van der Waals surface area contributed by atoms with Crippen LogP contribution in [0.25, 0.3) is 0 Å². The predicted molar refractivity (Wildman–Crippen MR) is 113 cm³/mol. The van der Waals surface area contributed by atoms with Gasteiger partial charge in [-0.1, -0.05) is 54.6 Å². The van der Waals surface area contributed by atoms with Gasteiger partial charge in [-0.05, 0) is 36.6 Å². The fourth-order valence-corrected chi connectivity index (χ4v) is 4.08. The maximum absolute atomic E-state index is 12.6. The fourth-order valence-electron chi connectivity index (χ4n) is 4.08. The highest BCUT2D eigenvalue weighted by Crippen LogP contribution is 2.34. The van der Waals surface area contributed by atoms with Crippen LogP contribution < -0.4 is 10.7 Å². The number of nitrogens with zero attached hydrogens (tertiary/aromatic N) is 1. The van der Waals surface area contributed by atoms with Gasteiger partial charge in [0.15, 0.2) is 11.5 Å². The van der Waals surface area contributed by atoms with E-state index < -0.39 is 17.1 Å². The molecule has 0 radical (unpaired) electrons. The summed E-state index contributed by atoms with van der Waals surface area (Å²) in [5.74, 6) is -1.11. The summed E-state index contributed by atoms with van der Waals surface area (Å²) in [4.78, 5) is 26.5. The van der Waals surface area contributed by atoms with E-state index >= 15 is 0 Å². The van der Waals surface area contributed by atoms with Gasteiger partial charge in [-0.3, -0.25) is 14.5 Å². The molecule has 1 aliphatic rings. The first-order valence-electron chi connectivity index (χ1n) is 9.89. The summed E-state index contributed by atoms with van der Waals surface area (Å²) in [5.41, 5.74) is 2.82. The minimum absolute atomic E-state index is 0.117. The summed E-state index contributed by atoms with van der Waals surface area (Å²) >= 11 is 0. The van der Waals surface area contributed by atoms with Crippen molar-refractivity contribution in [1.29, 1.82) is 0 Å². The SMILES string of the molecule is CN(Cc1ccccc1)C1(CNC(=O)c2cc(=O)c(O)co2)Cc2ccccc2C1. The van der Waals surface area contributed by atoms with Crippen molar-refractivity contribution in [3.05, 3.63) is 99.6 Å². The average Bonchev–Trinajstić information content (AvgIpc) is 3.15. The van der Waals surface area contributed by atoms with Crippen LogP contribution in [0.1, 0.15) is 27.2 Å². The topological polar surface area (TPSA) is 82.8 Å². The van der Waals surface area contributed by atoms with Crippen molar-refractivity contribution in [2.45, 2.75) is 24.9 Å². The van der Waals surface area contributed by atoms with Crippen molar-refractivity contribution < 1.29 is 14.3 Å². The van der Waals surface area contributed by atoms with E-state index in [1.165, 1.54) is 16.7 Å². The summed E-state index contributed by atoms with van der Waals surface area (Å²) in [6.07, 6.45) is 2.51. The Labute approximate surface area is 174 Å². The molecule has 0 fully saturated rings. The maximum atomic E-state index is 12.6. The minimum atomic E-state index is -0.643. The first-order valence-corrected chi connectivity index (χ1v) is 9.89. The van der Waals surface area contributed by atoms with E-state index in [-0.39, 0.29) is 11.3 Å². The Hall–Kier alpha value is -3.38. The molecule has 6 nitrogen and oxygen atoms in total. The zero-order valence-corrected chi connectivity index (χ0v) is 16.8. The van der Waals surface area contributed by atoms with Crippen molar-refractivity contribution in [3.63, 3.8) is 0 Å². The molecule has 1 aromatic heterocycles. The summed E-state index contributed by atoms with van der Waals surface area (Å²) in [6.45, 7) is 1.15. The summed E-state index contributed by atoms with van der Waals surface area (Å²) < 4.78 is 5.09. The lowest BCUT2D eigenvalue weighted by molar-refractivity contribution is 0.0830. The van der Waals surface area contributed by atoms with Crippen molar-refractivity contribution in [2.24, 2.45) is 0 Å². The van der Waals surface area contributed by atoms with Crippen molar-refractivity contribution in [3.8, 4) is 5.75 Å². The number of fused-ring (bicyclic) bond motifs is 1. The summed E-state index contributed by atoms with van der Waals surface area (Å²) in [5, 5.41) is 12.3. The molecular formula is C24H24N2O4. The summed E-state index contributed by atoms with van der Waals surface area (Å²) in [6, 6.07) is 19.6. The minimum Gasteiger partial charge on any atom is -0.502 e. The Morgan fingerprint density at radius 2 is 1.73 bits per heavy atom. The van der Waals surface area contributed by atoms with Gasteiger partial charge in [0.05, 0.1) is 0 Å². The lowest BCUT2D eigenvalue weighted by atomic mass is 9.92.